The van der Waals surface area contributed by atoms with Crippen LogP contribution in [0.4, 0.5) is 4.39 Å². The van der Waals surface area contributed by atoms with Crippen LogP contribution in [0.25, 0.3) is 0 Å². The fourth-order valence-corrected chi connectivity index (χ4v) is 2.60. The summed E-state index contributed by atoms with van der Waals surface area (Å²) in [5, 5.41) is 3.29. The minimum atomic E-state index is -0.324. The van der Waals surface area contributed by atoms with Crippen molar-refractivity contribution < 1.29 is 4.39 Å². The molecule has 17 heavy (non-hydrogen) atoms. The van der Waals surface area contributed by atoms with Gasteiger partial charge in [-0.25, -0.2) is 4.39 Å². The van der Waals surface area contributed by atoms with Gasteiger partial charge in [-0.1, -0.05) is 28.1 Å². The van der Waals surface area contributed by atoms with Crippen LogP contribution < -0.4 is 5.32 Å². The molecule has 1 saturated heterocycles. The number of hydrogen-bond acceptors (Lipinski definition) is 2. The summed E-state index contributed by atoms with van der Waals surface area (Å²) in [7, 11) is 0. The molecule has 1 N–H and O–H groups in total. The second-order valence-corrected chi connectivity index (χ2v) is 5.32. The zero-order valence-corrected chi connectivity index (χ0v) is 11.6. The van der Waals surface area contributed by atoms with Gasteiger partial charge >= 0.3 is 0 Å². The zero-order valence-electron chi connectivity index (χ0n) is 10.0. The summed E-state index contributed by atoms with van der Waals surface area (Å²) >= 11 is 3.51. The molecule has 1 aromatic rings. The number of alkyl halides is 1. The Morgan fingerprint density at radius 1 is 1.41 bits per heavy atom. The van der Waals surface area contributed by atoms with Gasteiger partial charge in [0.25, 0.3) is 0 Å². The molecule has 2 rings (SSSR count). The normalized spacial score (nSPS) is 19.2. The minimum absolute atomic E-state index is 0.103. The van der Waals surface area contributed by atoms with E-state index in [1.165, 1.54) is 5.56 Å². The molecule has 1 atom stereocenters. The molecular formula is C13H18BrFN2. The molecule has 1 aromatic carbocycles. The van der Waals surface area contributed by atoms with Gasteiger partial charge in [0.2, 0.25) is 0 Å². The highest BCUT2D eigenvalue weighted by Gasteiger charge is 2.22. The van der Waals surface area contributed by atoms with Crippen molar-refractivity contribution in [2.75, 3.05) is 32.9 Å². The van der Waals surface area contributed by atoms with Crippen molar-refractivity contribution >= 4 is 15.9 Å². The van der Waals surface area contributed by atoms with Crippen LogP contribution in [0.3, 0.4) is 0 Å². The average molecular weight is 301 g/mol. The lowest BCUT2D eigenvalue weighted by Crippen LogP contribution is -2.45. The summed E-state index contributed by atoms with van der Waals surface area (Å²) in [4.78, 5) is 2.22. The first-order valence-corrected chi connectivity index (χ1v) is 6.78. The minimum Gasteiger partial charge on any atom is -0.314 e. The maximum atomic E-state index is 13.3. The maximum Gasteiger partial charge on any atom is 0.109 e. The fraction of sp³-hybridized carbons (Fsp3) is 0.538. The highest BCUT2D eigenvalue weighted by molar-refractivity contribution is 9.10. The van der Waals surface area contributed by atoms with E-state index in [0.29, 0.717) is 0 Å². The van der Waals surface area contributed by atoms with E-state index in [4.69, 9.17) is 0 Å². The summed E-state index contributed by atoms with van der Waals surface area (Å²) in [5.41, 5.74) is 2.25. The molecule has 94 valence electrons. The molecule has 0 aromatic heterocycles. The monoisotopic (exact) mass is 300 g/mol. The third-order valence-corrected chi connectivity index (χ3v) is 4.17. The molecule has 1 heterocycles. The highest BCUT2D eigenvalue weighted by atomic mass is 79.9. The highest BCUT2D eigenvalue weighted by Crippen LogP contribution is 2.26. The van der Waals surface area contributed by atoms with Crippen LogP contribution in [0.15, 0.2) is 22.7 Å². The first-order chi connectivity index (χ1) is 8.22. The van der Waals surface area contributed by atoms with Gasteiger partial charge < -0.3 is 5.32 Å². The van der Waals surface area contributed by atoms with Crippen molar-refractivity contribution in [1.82, 2.24) is 10.2 Å². The summed E-state index contributed by atoms with van der Waals surface area (Å²) in [6, 6.07) is 6.02. The molecule has 0 spiro atoms. The second-order valence-electron chi connectivity index (χ2n) is 4.46. The molecule has 0 radical (unpaired) electrons. The number of nitrogens with one attached hydrogen (secondary N) is 1. The van der Waals surface area contributed by atoms with Gasteiger partial charge in [-0.05, 0) is 24.1 Å². The van der Waals surface area contributed by atoms with E-state index in [2.05, 4.69) is 26.1 Å². The predicted octanol–water partition coefficient (Wildman–Crippen LogP) is 2.67. The lowest BCUT2D eigenvalue weighted by molar-refractivity contribution is 0.147. The Balaban J connectivity index is 2.18. The van der Waals surface area contributed by atoms with Crippen LogP contribution >= 0.6 is 15.9 Å². The van der Waals surface area contributed by atoms with Gasteiger partial charge in [0.05, 0.1) is 6.04 Å². The Labute approximate surface area is 110 Å². The second kappa shape index (κ2) is 5.94. The van der Waals surface area contributed by atoms with Crippen LogP contribution in [0.5, 0.6) is 0 Å². The van der Waals surface area contributed by atoms with Gasteiger partial charge in [0.15, 0.2) is 0 Å². The molecule has 1 aliphatic rings. The lowest BCUT2D eigenvalue weighted by Gasteiger charge is -2.33. The zero-order chi connectivity index (χ0) is 12.3. The standard InChI is InChI=1S/C13H18BrFN2/c1-10-2-3-11(8-12(10)14)13(9-15)17-6-4-16-5-7-17/h2-3,8,13,16H,4-7,9H2,1H3/t13-/m0/s1. The molecule has 0 saturated carbocycles. The van der Waals surface area contributed by atoms with E-state index >= 15 is 0 Å². The van der Waals surface area contributed by atoms with E-state index in [0.717, 1.165) is 36.2 Å². The first-order valence-electron chi connectivity index (χ1n) is 5.99. The van der Waals surface area contributed by atoms with E-state index in [9.17, 15) is 4.39 Å². The topological polar surface area (TPSA) is 15.3 Å². The van der Waals surface area contributed by atoms with Gasteiger partial charge in [-0.2, -0.15) is 0 Å². The molecule has 1 aliphatic heterocycles. The van der Waals surface area contributed by atoms with Crippen LogP contribution in [0.1, 0.15) is 17.2 Å². The quantitative estimate of drug-likeness (QED) is 0.923. The summed E-state index contributed by atoms with van der Waals surface area (Å²) < 4.78 is 14.3. The smallest absolute Gasteiger partial charge is 0.109 e. The number of piperazine rings is 1. The molecule has 0 unspecified atom stereocenters. The lowest BCUT2D eigenvalue weighted by atomic mass is 10.0. The Morgan fingerprint density at radius 2 is 2.12 bits per heavy atom. The Bertz CT molecular complexity index is 378. The maximum absolute atomic E-state index is 13.3. The van der Waals surface area contributed by atoms with Crippen LogP contribution in [0, 0.1) is 6.92 Å². The van der Waals surface area contributed by atoms with Crippen molar-refractivity contribution in [1.29, 1.82) is 0 Å². The predicted molar refractivity (Wildman–Crippen MR) is 72.0 cm³/mol. The Morgan fingerprint density at radius 3 is 2.71 bits per heavy atom. The van der Waals surface area contributed by atoms with E-state index in [1.807, 2.05) is 25.1 Å². The van der Waals surface area contributed by atoms with Gasteiger partial charge in [0.1, 0.15) is 6.67 Å². The first kappa shape index (κ1) is 13.0. The fourth-order valence-electron chi connectivity index (χ4n) is 2.21. The summed E-state index contributed by atoms with van der Waals surface area (Å²) in [6.07, 6.45) is 0. The van der Waals surface area contributed by atoms with Crippen LogP contribution in [-0.2, 0) is 0 Å². The van der Waals surface area contributed by atoms with Crippen LogP contribution in [0.2, 0.25) is 0 Å². The largest absolute Gasteiger partial charge is 0.314 e. The van der Waals surface area contributed by atoms with Crippen molar-refractivity contribution in [2.45, 2.75) is 13.0 Å². The number of aryl methyl sites for hydroxylation is 1. The molecule has 1 fully saturated rings. The summed E-state index contributed by atoms with van der Waals surface area (Å²) in [5.74, 6) is 0. The third kappa shape index (κ3) is 3.06. The molecule has 0 amide bonds. The average Bonchev–Trinajstić information content (AvgIpc) is 2.36. The number of rotatable bonds is 3. The van der Waals surface area contributed by atoms with Gasteiger partial charge in [0, 0.05) is 30.7 Å². The molecule has 2 nitrogen and oxygen atoms in total. The number of benzene rings is 1. The van der Waals surface area contributed by atoms with Crippen molar-refractivity contribution in [3.05, 3.63) is 33.8 Å². The Kier molecular flexibility index (Phi) is 4.54. The van der Waals surface area contributed by atoms with Crippen molar-refractivity contribution in [3.63, 3.8) is 0 Å². The molecular weight excluding hydrogens is 283 g/mol. The van der Waals surface area contributed by atoms with Crippen LogP contribution in [-0.4, -0.2) is 37.8 Å². The Hall–Kier alpha value is -0.450. The van der Waals surface area contributed by atoms with Crippen molar-refractivity contribution in [2.24, 2.45) is 0 Å². The van der Waals surface area contributed by atoms with E-state index < -0.39 is 0 Å². The van der Waals surface area contributed by atoms with Crippen molar-refractivity contribution in [3.8, 4) is 0 Å². The van der Waals surface area contributed by atoms with E-state index in [-0.39, 0.29) is 12.7 Å². The van der Waals surface area contributed by atoms with Gasteiger partial charge in [-0.3, -0.25) is 4.90 Å². The summed E-state index contributed by atoms with van der Waals surface area (Å²) in [6.45, 7) is 5.45. The number of hydrogen-bond donors (Lipinski definition) is 1. The SMILES string of the molecule is Cc1ccc([C@H](CF)N2CCNCC2)cc1Br. The van der Waals surface area contributed by atoms with E-state index in [1.54, 1.807) is 0 Å². The third-order valence-electron chi connectivity index (χ3n) is 3.32. The molecule has 4 heteroatoms. The number of nitrogens with zero attached hydrogens (tertiary/aromatic N) is 1. The molecule has 0 bridgehead atoms. The number of halogens is 2. The van der Waals surface area contributed by atoms with Gasteiger partial charge in [-0.15, -0.1) is 0 Å². The molecule has 0 aliphatic carbocycles.